The van der Waals surface area contributed by atoms with Crippen LogP contribution < -0.4 is 4.74 Å². The maximum absolute atomic E-state index is 13.6. The number of ether oxygens (including phenoxy) is 2. The predicted molar refractivity (Wildman–Crippen MR) is 121 cm³/mol. The van der Waals surface area contributed by atoms with E-state index in [9.17, 15) is 14.4 Å². The van der Waals surface area contributed by atoms with E-state index in [2.05, 4.69) is 0 Å². The van der Waals surface area contributed by atoms with Gasteiger partial charge in [-0.25, -0.2) is 0 Å². The Balaban J connectivity index is 1.94. The molecule has 0 fully saturated rings. The van der Waals surface area contributed by atoms with Gasteiger partial charge in [0.25, 0.3) is 0 Å². The lowest BCUT2D eigenvalue weighted by atomic mass is 9.73. The Morgan fingerprint density at radius 1 is 0.938 bits per heavy atom. The summed E-state index contributed by atoms with van der Waals surface area (Å²) in [5.41, 5.74) is 1.83. The fourth-order valence-electron chi connectivity index (χ4n) is 4.07. The smallest absolute Gasteiger partial charge is 0.303 e. The van der Waals surface area contributed by atoms with Crippen LogP contribution >= 0.6 is 23.2 Å². The number of Topliss-reactive ketones (excluding diaryl/α,β-unsaturated/α-hetero) is 1. The van der Waals surface area contributed by atoms with Crippen molar-refractivity contribution >= 4 is 40.7 Å². The number of rotatable bonds is 5. The van der Waals surface area contributed by atoms with Crippen molar-refractivity contribution in [2.75, 3.05) is 7.11 Å². The second-order valence-corrected chi connectivity index (χ2v) is 8.15. The molecule has 5 nitrogen and oxygen atoms in total. The molecule has 0 heterocycles. The van der Waals surface area contributed by atoms with Gasteiger partial charge in [-0.1, -0.05) is 47.5 Å². The first-order valence-electron chi connectivity index (χ1n) is 9.80. The maximum atomic E-state index is 13.6. The van der Waals surface area contributed by atoms with Gasteiger partial charge in [0.05, 0.1) is 18.1 Å². The second-order valence-electron chi connectivity index (χ2n) is 7.33. The standard InChI is InChI=1S/C25H18Cl2O5/c1-13(28)32-25(23(29)14-9-11-15(31-2)12-10-14)22-16-5-3-8-19(27)21(16)24(30)17-6-4-7-18(26)20(17)22/h3-12,22,25H,1-2H3. The van der Waals surface area contributed by atoms with Crippen LogP contribution in [0, 0.1) is 0 Å². The molecular formula is C25H18Cl2O5. The van der Waals surface area contributed by atoms with Gasteiger partial charge in [-0.3, -0.25) is 14.4 Å². The molecule has 1 aliphatic carbocycles. The molecule has 0 saturated carbocycles. The highest BCUT2D eigenvalue weighted by atomic mass is 35.5. The lowest BCUT2D eigenvalue weighted by Gasteiger charge is -2.33. The van der Waals surface area contributed by atoms with E-state index >= 15 is 0 Å². The van der Waals surface area contributed by atoms with Crippen molar-refractivity contribution in [3.8, 4) is 5.75 Å². The van der Waals surface area contributed by atoms with E-state index in [0.29, 0.717) is 33.0 Å². The summed E-state index contributed by atoms with van der Waals surface area (Å²) in [6.07, 6.45) is -1.26. The zero-order valence-corrected chi connectivity index (χ0v) is 18.7. The first-order chi connectivity index (χ1) is 15.3. The minimum atomic E-state index is -1.26. The molecule has 7 heteroatoms. The highest BCUT2D eigenvalue weighted by Crippen LogP contribution is 2.45. The van der Waals surface area contributed by atoms with Gasteiger partial charge in [-0.15, -0.1) is 0 Å². The average molecular weight is 469 g/mol. The van der Waals surface area contributed by atoms with Crippen LogP contribution in [0.4, 0.5) is 0 Å². The quantitative estimate of drug-likeness (QED) is 0.365. The molecule has 0 radical (unpaired) electrons. The van der Waals surface area contributed by atoms with E-state index in [0.717, 1.165) is 0 Å². The Kier molecular flexibility index (Phi) is 6.04. The SMILES string of the molecule is COc1ccc(C(=O)C(OC(C)=O)C2c3cccc(Cl)c3C(=O)c3cccc(Cl)c32)cc1. The van der Waals surface area contributed by atoms with Gasteiger partial charge in [0, 0.05) is 28.6 Å². The Labute approximate surface area is 194 Å². The number of hydrogen-bond acceptors (Lipinski definition) is 5. The summed E-state index contributed by atoms with van der Waals surface area (Å²) in [5.74, 6) is -1.59. The Bertz CT molecular complexity index is 1230. The molecule has 4 rings (SSSR count). The largest absolute Gasteiger partial charge is 0.497 e. The minimum Gasteiger partial charge on any atom is -0.497 e. The Morgan fingerprint density at radius 3 is 2.25 bits per heavy atom. The van der Waals surface area contributed by atoms with Gasteiger partial charge in [0.1, 0.15) is 5.75 Å². The van der Waals surface area contributed by atoms with E-state index in [1.54, 1.807) is 60.7 Å². The number of ketones is 2. The molecule has 0 aliphatic heterocycles. The third-order valence-corrected chi connectivity index (χ3v) is 6.09. The van der Waals surface area contributed by atoms with Gasteiger partial charge >= 0.3 is 5.97 Å². The molecule has 2 unspecified atom stereocenters. The summed E-state index contributed by atoms with van der Waals surface area (Å²) < 4.78 is 10.7. The first kappa shape index (κ1) is 22.1. The first-order valence-corrected chi connectivity index (χ1v) is 10.6. The fraction of sp³-hybridized carbons (Fsp3) is 0.160. The summed E-state index contributed by atoms with van der Waals surface area (Å²) in [6.45, 7) is 1.23. The van der Waals surface area contributed by atoms with Crippen molar-refractivity contribution in [3.63, 3.8) is 0 Å². The number of methoxy groups -OCH3 is 1. The van der Waals surface area contributed by atoms with Crippen molar-refractivity contribution in [1.29, 1.82) is 0 Å². The number of fused-ring (bicyclic) bond motifs is 2. The molecule has 3 aromatic carbocycles. The summed E-state index contributed by atoms with van der Waals surface area (Å²) in [4.78, 5) is 38.9. The zero-order valence-electron chi connectivity index (χ0n) is 17.2. The predicted octanol–water partition coefficient (Wildman–Crippen LogP) is 5.49. The molecule has 162 valence electrons. The van der Waals surface area contributed by atoms with Crippen LogP contribution in [0.25, 0.3) is 0 Å². The van der Waals surface area contributed by atoms with E-state index in [1.807, 2.05) is 0 Å². The molecule has 0 saturated heterocycles. The van der Waals surface area contributed by atoms with Crippen molar-refractivity contribution in [3.05, 3.63) is 98.5 Å². The Morgan fingerprint density at radius 2 is 1.59 bits per heavy atom. The van der Waals surface area contributed by atoms with Crippen LogP contribution in [-0.2, 0) is 9.53 Å². The number of carbonyl (C=O) groups is 3. The van der Waals surface area contributed by atoms with Crippen LogP contribution in [0.15, 0.2) is 60.7 Å². The molecule has 0 aromatic heterocycles. The van der Waals surface area contributed by atoms with Crippen LogP contribution in [0.2, 0.25) is 10.0 Å². The molecule has 32 heavy (non-hydrogen) atoms. The second kappa shape index (κ2) is 8.77. The van der Waals surface area contributed by atoms with Crippen LogP contribution in [0.3, 0.4) is 0 Å². The summed E-state index contributed by atoms with van der Waals surface area (Å²) >= 11 is 12.9. The number of esters is 1. The molecule has 0 N–H and O–H groups in total. The number of halogens is 2. The maximum Gasteiger partial charge on any atom is 0.303 e. The zero-order chi connectivity index (χ0) is 23.0. The number of carbonyl (C=O) groups excluding carboxylic acids is 3. The lowest BCUT2D eigenvalue weighted by molar-refractivity contribution is -0.144. The monoisotopic (exact) mass is 468 g/mol. The van der Waals surface area contributed by atoms with Crippen molar-refractivity contribution < 1.29 is 23.9 Å². The number of benzene rings is 3. The van der Waals surface area contributed by atoms with E-state index < -0.39 is 23.8 Å². The van der Waals surface area contributed by atoms with Gasteiger partial charge < -0.3 is 9.47 Å². The van der Waals surface area contributed by atoms with Gasteiger partial charge in [-0.2, -0.15) is 0 Å². The van der Waals surface area contributed by atoms with Crippen molar-refractivity contribution in [2.24, 2.45) is 0 Å². The molecular weight excluding hydrogens is 451 g/mol. The van der Waals surface area contributed by atoms with E-state index in [1.165, 1.54) is 14.0 Å². The van der Waals surface area contributed by atoms with Crippen molar-refractivity contribution in [1.82, 2.24) is 0 Å². The fourth-order valence-corrected chi connectivity index (χ4v) is 4.63. The third kappa shape index (κ3) is 3.78. The van der Waals surface area contributed by atoms with E-state index in [-0.39, 0.29) is 16.4 Å². The number of hydrogen-bond donors (Lipinski definition) is 0. The van der Waals surface area contributed by atoms with Crippen LogP contribution in [0.1, 0.15) is 50.2 Å². The summed E-state index contributed by atoms with van der Waals surface area (Å²) in [5, 5.41) is 0.549. The van der Waals surface area contributed by atoms with Gasteiger partial charge in [0.2, 0.25) is 5.78 Å². The van der Waals surface area contributed by atoms with Gasteiger partial charge in [0.15, 0.2) is 11.9 Å². The minimum absolute atomic E-state index is 0.251. The van der Waals surface area contributed by atoms with Crippen LogP contribution in [-0.4, -0.2) is 30.7 Å². The average Bonchev–Trinajstić information content (AvgIpc) is 2.78. The highest BCUT2D eigenvalue weighted by Gasteiger charge is 2.43. The summed E-state index contributed by atoms with van der Waals surface area (Å²) in [7, 11) is 1.52. The highest BCUT2D eigenvalue weighted by molar-refractivity contribution is 6.36. The Hall–Kier alpha value is -3.15. The molecule has 0 spiro atoms. The topological polar surface area (TPSA) is 69.7 Å². The molecule has 0 bridgehead atoms. The molecule has 2 atom stereocenters. The van der Waals surface area contributed by atoms with Crippen molar-refractivity contribution in [2.45, 2.75) is 18.9 Å². The molecule has 1 aliphatic rings. The summed E-state index contributed by atoms with van der Waals surface area (Å²) in [6, 6.07) is 16.4. The molecule has 0 amide bonds. The normalized spacial score (nSPS) is 15.4. The van der Waals surface area contributed by atoms with Crippen LogP contribution in [0.5, 0.6) is 5.75 Å². The third-order valence-electron chi connectivity index (χ3n) is 5.45. The molecule has 3 aromatic rings. The van der Waals surface area contributed by atoms with E-state index in [4.69, 9.17) is 32.7 Å². The lowest BCUT2D eigenvalue weighted by Crippen LogP contribution is -2.37. The van der Waals surface area contributed by atoms with Gasteiger partial charge in [-0.05, 0) is 47.5 Å².